The second kappa shape index (κ2) is 9.84. The Morgan fingerprint density at radius 2 is 1.86 bits per heavy atom. The Balaban J connectivity index is 0.000000221. The van der Waals surface area contributed by atoms with E-state index in [-0.39, 0.29) is 23.1 Å². The van der Waals surface area contributed by atoms with Gasteiger partial charge in [0.15, 0.2) is 11.5 Å². The van der Waals surface area contributed by atoms with E-state index >= 15 is 0 Å². The monoisotopic (exact) mass is 477 g/mol. The number of aromatic carboxylic acids is 1. The number of hydrogen-bond acceptors (Lipinski definition) is 5. The molecule has 2 heterocycles. The van der Waals surface area contributed by atoms with Crippen molar-refractivity contribution in [2.24, 2.45) is 5.92 Å². The van der Waals surface area contributed by atoms with Gasteiger partial charge in [-0.2, -0.15) is 0 Å². The Bertz CT molecular complexity index is 1290. The van der Waals surface area contributed by atoms with Gasteiger partial charge in [-0.15, -0.1) is 0 Å². The Hall–Kier alpha value is -3.78. The van der Waals surface area contributed by atoms with E-state index in [2.05, 4.69) is 61.3 Å². The van der Waals surface area contributed by atoms with E-state index in [0.29, 0.717) is 6.04 Å². The highest BCUT2D eigenvalue weighted by molar-refractivity contribution is 5.99. The number of aromatic nitrogens is 1. The molecule has 0 unspecified atom stereocenters. The number of amides is 1. The zero-order chi connectivity index (χ0) is 25.3. The van der Waals surface area contributed by atoms with Crippen LogP contribution in [0.15, 0.2) is 48.7 Å². The second-order valence-corrected chi connectivity index (χ2v) is 8.95. The summed E-state index contributed by atoms with van der Waals surface area (Å²) in [5, 5.41) is 27.4. The molecular formula is C27H31N3O5. The highest BCUT2D eigenvalue weighted by atomic mass is 16.4. The highest BCUT2D eigenvalue weighted by Crippen LogP contribution is 2.40. The molecule has 0 radical (unpaired) electrons. The number of aromatic amines is 1. The van der Waals surface area contributed by atoms with E-state index in [0.717, 1.165) is 38.2 Å². The number of aromatic hydroxyl groups is 2. The Morgan fingerprint density at radius 3 is 2.51 bits per heavy atom. The third-order valence-electron chi connectivity index (χ3n) is 6.88. The SMILES string of the molecule is CCN(CC)C(=O)[C@@H]1C=C2c3cccc4[nH]cc(c34)C[C@H]2N(C)C1.O=C(O)c1ccc(O)c(O)c1. The molecule has 2 aliphatic rings. The number of likely N-dealkylation sites (N-methyl/N-ethyl adjacent to an activating group) is 1. The molecule has 1 aliphatic carbocycles. The lowest BCUT2D eigenvalue weighted by atomic mass is 9.79. The molecule has 4 N–H and O–H groups in total. The van der Waals surface area contributed by atoms with Crippen LogP contribution in [0.25, 0.3) is 16.5 Å². The maximum atomic E-state index is 12.9. The van der Waals surface area contributed by atoms with Crippen LogP contribution in [0.5, 0.6) is 11.5 Å². The van der Waals surface area contributed by atoms with Crippen LogP contribution in [0, 0.1) is 5.92 Å². The summed E-state index contributed by atoms with van der Waals surface area (Å²) in [6, 6.07) is 10.1. The van der Waals surface area contributed by atoms with Crippen molar-refractivity contribution in [3.63, 3.8) is 0 Å². The highest BCUT2D eigenvalue weighted by Gasteiger charge is 2.36. The number of benzene rings is 2. The Morgan fingerprint density at radius 1 is 1.11 bits per heavy atom. The molecule has 0 saturated heterocycles. The van der Waals surface area contributed by atoms with Gasteiger partial charge in [-0.1, -0.05) is 18.2 Å². The molecule has 0 bridgehead atoms. The zero-order valence-corrected chi connectivity index (χ0v) is 20.2. The van der Waals surface area contributed by atoms with Gasteiger partial charge in [-0.25, -0.2) is 4.79 Å². The Labute approximate surface area is 204 Å². The summed E-state index contributed by atoms with van der Waals surface area (Å²) in [5.41, 5.74) is 5.15. The number of phenolic OH excluding ortho intramolecular Hbond substituents is 2. The fourth-order valence-electron chi connectivity index (χ4n) is 5.03. The van der Waals surface area contributed by atoms with Gasteiger partial charge in [0.05, 0.1) is 11.5 Å². The van der Waals surface area contributed by atoms with Gasteiger partial charge in [0.1, 0.15) is 0 Å². The molecule has 1 amide bonds. The normalized spacial score (nSPS) is 18.8. The molecule has 3 aromatic rings. The molecule has 1 aliphatic heterocycles. The van der Waals surface area contributed by atoms with Crippen molar-refractivity contribution >= 4 is 28.4 Å². The first kappa shape index (κ1) is 24.3. The molecule has 0 spiro atoms. The van der Waals surface area contributed by atoms with E-state index in [4.69, 9.17) is 15.3 Å². The number of fused-ring (bicyclic) bond motifs is 2. The van der Waals surface area contributed by atoms with Crippen LogP contribution in [0.4, 0.5) is 0 Å². The standard InChI is InChI=1S/C20H25N3O.C7H6O4/c1-4-23(5-2)20(24)14-9-16-15-7-6-8-17-19(15)13(11-21-17)10-18(16)22(3)12-14;8-5-2-1-4(7(10)11)3-6(5)9/h6-9,11,14,18,21H,4-5,10,12H2,1-3H3;1-3,8-9H,(H,10,11)/t14-,18-;/m1./s1. The van der Waals surface area contributed by atoms with Gasteiger partial charge < -0.3 is 25.2 Å². The third kappa shape index (κ3) is 4.61. The van der Waals surface area contributed by atoms with Crippen LogP contribution in [0.2, 0.25) is 0 Å². The minimum Gasteiger partial charge on any atom is -0.504 e. The number of rotatable bonds is 4. The lowest BCUT2D eigenvalue weighted by Gasteiger charge is -2.40. The summed E-state index contributed by atoms with van der Waals surface area (Å²) in [4.78, 5) is 30.8. The first-order valence-corrected chi connectivity index (χ1v) is 11.8. The van der Waals surface area contributed by atoms with Crippen LogP contribution in [0.3, 0.4) is 0 Å². The van der Waals surface area contributed by atoms with Crippen LogP contribution in [0.1, 0.15) is 35.3 Å². The topological polar surface area (TPSA) is 117 Å². The molecule has 8 nitrogen and oxygen atoms in total. The van der Waals surface area contributed by atoms with Crippen LogP contribution in [-0.4, -0.2) is 74.7 Å². The summed E-state index contributed by atoms with van der Waals surface area (Å²) in [7, 11) is 2.15. The molecule has 35 heavy (non-hydrogen) atoms. The van der Waals surface area contributed by atoms with Gasteiger partial charge in [-0.3, -0.25) is 9.69 Å². The number of carbonyl (C=O) groups is 2. The largest absolute Gasteiger partial charge is 0.504 e. The number of carboxylic acid groups (broad SMARTS) is 1. The number of hydrogen-bond donors (Lipinski definition) is 4. The minimum absolute atomic E-state index is 0.0445. The average molecular weight is 478 g/mol. The molecule has 5 rings (SSSR count). The van der Waals surface area contributed by atoms with E-state index in [9.17, 15) is 9.59 Å². The number of carboxylic acids is 1. The quantitative estimate of drug-likeness (QED) is 0.426. The van der Waals surface area contributed by atoms with E-state index < -0.39 is 11.7 Å². The smallest absolute Gasteiger partial charge is 0.335 e. The fraction of sp³-hybridized carbons (Fsp3) is 0.333. The number of nitrogens with one attached hydrogen (secondary N) is 1. The molecule has 1 aromatic heterocycles. The van der Waals surface area contributed by atoms with Crippen molar-refractivity contribution in [1.82, 2.24) is 14.8 Å². The average Bonchev–Trinajstić information content (AvgIpc) is 3.26. The second-order valence-electron chi connectivity index (χ2n) is 8.95. The number of H-pyrrole nitrogens is 1. The molecule has 184 valence electrons. The summed E-state index contributed by atoms with van der Waals surface area (Å²) in [5.74, 6) is -1.68. The van der Waals surface area contributed by atoms with Gasteiger partial charge in [0.2, 0.25) is 5.91 Å². The molecule has 2 aromatic carbocycles. The van der Waals surface area contributed by atoms with Crippen molar-refractivity contribution < 1.29 is 24.9 Å². The number of nitrogens with zero attached hydrogens (tertiary/aromatic N) is 2. The van der Waals surface area contributed by atoms with Crippen molar-refractivity contribution in [3.05, 3.63) is 65.4 Å². The maximum Gasteiger partial charge on any atom is 0.335 e. The van der Waals surface area contributed by atoms with Gasteiger partial charge in [0, 0.05) is 42.8 Å². The first-order chi connectivity index (χ1) is 16.7. The van der Waals surface area contributed by atoms with Crippen LogP contribution < -0.4 is 0 Å². The summed E-state index contributed by atoms with van der Waals surface area (Å²) >= 11 is 0. The van der Waals surface area contributed by atoms with E-state index in [1.807, 2.05) is 4.90 Å². The van der Waals surface area contributed by atoms with Crippen molar-refractivity contribution in [2.45, 2.75) is 26.3 Å². The molecule has 8 heteroatoms. The Kier molecular flexibility index (Phi) is 6.84. The summed E-state index contributed by atoms with van der Waals surface area (Å²) in [6.07, 6.45) is 5.41. The van der Waals surface area contributed by atoms with E-state index in [1.54, 1.807) is 0 Å². The summed E-state index contributed by atoms with van der Waals surface area (Å²) in [6.45, 7) is 6.47. The minimum atomic E-state index is -1.14. The van der Waals surface area contributed by atoms with Crippen molar-refractivity contribution in [2.75, 3.05) is 26.7 Å². The van der Waals surface area contributed by atoms with Gasteiger partial charge in [0.25, 0.3) is 0 Å². The van der Waals surface area contributed by atoms with Crippen molar-refractivity contribution in [3.8, 4) is 11.5 Å². The molecule has 0 fully saturated rings. The van der Waals surface area contributed by atoms with Crippen LogP contribution >= 0.6 is 0 Å². The van der Waals surface area contributed by atoms with Gasteiger partial charge in [-0.05, 0) is 68.3 Å². The zero-order valence-electron chi connectivity index (χ0n) is 20.2. The lowest BCUT2D eigenvalue weighted by Crippen LogP contribution is -2.47. The van der Waals surface area contributed by atoms with Crippen LogP contribution in [-0.2, 0) is 11.2 Å². The maximum absolute atomic E-state index is 12.9. The molecule has 0 saturated carbocycles. The predicted octanol–water partition coefficient (Wildman–Crippen LogP) is 3.70. The fourth-order valence-corrected chi connectivity index (χ4v) is 5.03. The predicted molar refractivity (Wildman–Crippen MR) is 135 cm³/mol. The first-order valence-electron chi connectivity index (χ1n) is 11.8. The number of carbonyl (C=O) groups excluding carboxylic acids is 1. The van der Waals surface area contributed by atoms with Gasteiger partial charge >= 0.3 is 5.97 Å². The third-order valence-corrected chi connectivity index (χ3v) is 6.88. The molecule has 2 atom stereocenters. The lowest BCUT2D eigenvalue weighted by molar-refractivity contribution is -0.134. The van der Waals surface area contributed by atoms with Crippen molar-refractivity contribution in [1.29, 1.82) is 0 Å². The number of phenols is 2. The van der Waals surface area contributed by atoms with E-state index in [1.165, 1.54) is 33.7 Å². The molecular weight excluding hydrogens is 446 g/mol. The summed E-state index contributed by atoms with van der Waals surface area (Å²) < 4.78 is 0.